The first-order valence-corrected chi connectivity index (χ1v) is 10.6. The number of phenols is 1. The van der Waals surface area contributed by atoms with Gasteiger partial charge in [0.2, 0.25) is 5.91 Å². The lowest BCUT2D eigenvalue weighted by molar-refractivity contribution is -0.125. The molecule has 2 aromatic rings. The molecule has 0 bridgehead atoms. The maximum atomic E-state index is 12.7. The molecule has 2 amide bonds. The van der Waals surface area contributed by atoms with Gasteiger partial charge in [-0.05, 0) is 39.3 Å². The number of aromatic hydroxyl groups is 1. The van der Waals surface area contributed by atoms with E-state index in [0.29, 0.717) is 5.56 Å². The van der Waals surface area contributed by atoms with E-state index < -0.39 is 29.7 Å². The lowest BCUT2D eigenvalue weighted by Gasteiger charge is -2.27. The number of β-amino-alcohol motifs (C(OH)–C–C–N with tert-alkyl or cyclic N) is 1. The van der Waals surface area contributed by atoms with Crippen molar-refractivity contribution < 1.29 is 24.5 Å². The van der Waals surface area contributed by atoms with E-state index in [4.69, 9.17) is 4.74 Å². The molecule has 30 heavy (non-hydrogen) atoms. The number of carbonyl (C=O) groups is 2. The minimum absolute atomic E-state index is 0.0428. The quantitative estimate of drug-likeness (QED) is 0.684. The van der Waals surface area contributed by atoms with Crippen LogP contribution < -0.4 is 5.32 Å². The number of nitrogens with zero attached hydrogens (tertiary/aromatic N) is 2. The summed E-state index contributed by atoms with van der Waals surface area (Å²) in [5.74, 6) is -0.338. The molecule has 3 N–H and O–H groups in total. The number of phenolic OH excluding ortho intramolecular Hbond substituents is 1. The van der Waals surface area contributed by atoms with Crippen LogP contribution in [-0.4, -0.2) is 56.4 Å². The van der Waals surface area contributed by atoms with Gasteiger partial charge in [0.05, 0.1) is 28.7 Å². The van der Waals surface area contributed by atoms with Crippen LogP contribution in [0.4, 0.5) is 4.79 Å². The van der Waals surface area contributed by atoms with Crippen molar-refractivity contribution in [1.29, 1.82) is 0 Å². The van der Waals surface area contributed by atoms with E-state index in [1.807, 2.05) is 13.0 Å². The summed E-state index contributed by atoms with van der Waals surface area (Å²) in [6.45, 7) is 7.28. The van der Waals surface area contributed by atoms with Gasteiger partial charge in [-0.3, -0.25) is 9.69 Å². The number of benzene rings is 1. The SMILES string of the molecule is Cc1ncsc1-c1ccc(CNC(=O)[C@H]2C[C@@H](O)CN2C(=O)OC(C)(C)C)c(O)c1. The largest absolute Gasteiger partial charge is 0.508 e. The first-order valence-electron chi connectivity index (χ1n) is 9.73. The average molecular weight is 434 g/mol. The Morgan fingerprint density at radius 1 is 1.37 bits per heavy atom. The zero-order valence-electron chi connectivity index (χ0n) is 17.5. The second-order valence-electron chi connectivity index (χ2n) is 8.37. The number of hydrogen-bond acceptors (Lipinski definition) is 7. The predicted octanol–water partition coefficient (Wildman–Crippen LogP) is 2.81. The Kier molecular flexibility index (Phi) is 6.33. The van der Waals surface area contributed by atoms with Crippen LogP contribution in [0.25, 0.3) is 10.4 Å². The van der Waals surface area contributed by atoms with E-state index in [0.717, 1.165) is 16.1 Å². The van der Waals surface area contributed by atoms with Gasteiger partial charge >= 0.3 is 6.09 Å². The van der Waals surface area contributed by atoms with E-state index in [2.05, 4.69) is 10.3 Å². The molecule has 162 valence electrons. The number of aliphatic hydroxyl groups is 1. The molecule has 1 aromatic heterocycles. The number of nitrogens with one attached hydrogen (secondary N) is 1. The fourth-order valence-corrected chi connectivity index (χ4v) is 4.12. The average Bonchev–Trinajstić information content (AvgIpc) is 3.24. The highest BCUT2D eigenvalue weighted by Gasteiger charge is 2.40. The third kappa shape index (κ3) is 5.09. The van der Waals surface area contributed by atoms with Crippen molar-refractivity contribution in [2.75, 3.05) is 6.54 Å². The highest BCUT2D eigenvalue weighted by molar-refractivity contribution is 7.13. The molecule has 1 saturated heterocycles. The number of amides is 2. The molecule has 0 radical (unpaired) electrons. The van der Waals surface area contributed by atoms with Crippen molar-refractivity contribution in [2.24, 2.45) is 0 Å². The first-order chi connectivity index (χ1) is 14.0. The summed E-state index contributed by atoms with van der Waals surface area (Å²) in [5.41, 5.74) is 3.36. The van der Waals surface area contributed by atoms with E-state index in [-0.39, 0.29) is 25.3 Å². The monoisotopic (exact) mass is 433 g/mol. The molecule has 1 aliphatic rings. The van der Waals surface area contributed by atoms with Crippen LogP contribution in [-0.2, 0) is 16.1 Å². The Bertz CT molecular complexity index is 937. The number of likely N-dealkylation sites (tertiary alicyclic amines) is 1. The highest BCUT2D eigenvalue weighted by Crippen LogP contribution is 2.31. The number of rotatable bonds is 4. The molecule has 0 saturated carbocycles. The van der Waals surface area contributed by atoms with Crippen molar-refractivity contribution in [3.63, 3.8) is 0 Å². The standard InChI is InChI=1S/C21H27N3O5S/c1-12-18(30-11-23-12)13-5-6-14(17(26)7-13)9-22-19(27)16-8-15(25)10-24(16)20(28)29-21(2,3)4/h5-7,11,15-16,25-26H,8-10H2,1-4H3,(H,22,27)/t15-,16-/m1/s1. The van der Waals surface area contributed by atoms with Crippen molar-refractivity contribution in [3.05, 3.63) is 35.0 Å². The van der Waals surface area contributed by atoms with Crippen molar-refractivity contribution in [3.8, 4) is 16.2 Å². The van der Waals surface area contributed by atoms with Gasteiger partial charge in [-0.2, -0.15) is 0 Å². The van der Waals surface area contributed by atoms with Crippen LogP contribution >= 0.6 is 11.3 Å². The van der Waals surface area contributed by atoms with Gasteiger partial charge in [-0.1, -0.05) is 12.1 Å². The maximum Gasteiger partial charge on any atom is 0.411 e. The summed E-state index contributed by atoms with van der Waals surface area (Å²) < 4.78 is 5.34. The second kappa shape index (κ2) is 8.61. The lowest BCUT2D eigenvalue weighted by Crippen LogP contribution is -2.47. The highest BCUT2D eigenvalue weighted by atomic mass is 32.1. The molecule has 3 rings (SSSR count). The predicted molar refractivity (Wildman–Crippen MR) is 113 cm³/mol. The molecule has 0 unspecified atom stereocenters. The van der Waals surface area contributed by atoms with Crippen molar-refractivity contribution >= 4 is 23.3 Å². The van der Waals surface area contributed by atoms with E-state index in [1.165, 1.54) is 16.2 Å². The zero-order chi connectivity index (χ0) is 22.1. The van der Waals surface area contributed by atoms with Gasteiger partial charge in [0.15, 0.2) is 0 Å². The van der Waals surface area contributed by atoms with Gasteiger partial charge in [-0.25, -0.2) is 9.78 Å². The zero-order valence-corrected chi connectivity index (χ0v) is 18.3. The first kappa shape index (κ1) is 22.0. The molecule has 2 heterocycles. The van der Waals surface area contributed by atoms with E-state index in [9.17, 15) is 19.8 Å². The minimum atomic E-state index is -0.823. The summed E-state index contributed by atoms with van der Waals surface area (Å²) in [6, 6.07) is 4.44. The molecule has 2 atom stereocenters. The van der Waals surface area contributed by atoms with Crippen LogP contribution in [0.1, 0.15) is 38.4 Å². The Balaban J connectivity index is 1.65. The van der Waals surface area contributed by atoms with E-state index in [1.54, 1.807) is 38.4 Å². The lowest BCUT2D eigenvalue weighted by atomic mass is 10.1. The number of aryl methyl sites for hydroxylation is 1. The van der Waals surface area contributed by atoms with Crippen LogP contribution in [0.15, 0.2) is 23.7 Å². The van der Waals surface area contributed by atoms with Gasteiger partial charge in [0, 0.05) is 18.5 Å². The van der Waals surface area contributed by atoms with Crippen molar-refractivity contribution in [1.82, 2.24) is 15.2 Å². The molecule has 8 nitrogen and oxygen atoms in total. The molecule has 0 spiro atoms. The normalized spacial score (nSPS) is 19.0. The Morgan fingerprint density at radius 3 is 2.70 bits per heavy atom. The second-order valence-corrected chi connectivity index (χ2v) is 9.22. The molecular formula is C21H27N3O5S. The molecule has 1 fully saturated rings. The molecule has 9 heteroatoms. The fraction of sp³-hybridized carbons (Fsp3) is 0.476. The van der Waals surface area contributed by atoms with Crippen LogP contribution in [0.5, 0.6) is 5.75 Å². The smallest absolute Gasteiger partial charge is 0.411 e. The summed E-state index contributed by atoms with van der Waals surface area (Å²) in [6.07, 6.45) is -1.28. The third-order valence-electron chi connectivity index (χ3n) is 4.76. The maximum absolute atomic E-state index is 12.7. The topological polar surface area (TPSA) is 112 Å². The molecular weight excluding hydrogens is 406 g/mol. The van der Waals surface area contributed by atoms with E-state index >= 15 is 0 Å². The molecule has 1 aliphatic heterocycles. The molecule has 1 aromatic carbocycles. The summed E-state index contributed by atoms with van der Waals surface area (Å²) in [4.78, 5) is 31.5. The Morgan fingerprint density at radius 2 is 2.10 bits per heavy atom. The van der Waals surface area contributed by atoms with Crippen LogP contribution in [0, 0.1) is 6.92 Å². The van der Waals surface area contributed by atoms with Gasteiger partial charge in [-0.15, -0.1) is 11.3 Å². The number of hydrogen-bond donors (Lipinski definition) is 3. The summed E-state index contributed by atoms with van der Waals surface area (Å²) >= 11 is 1.49. The fourth-order valence-electron chi connectivity index (χ4n) is 3.32. The number of carbonyl (C=O) groups excluding carboxylic acids is 2. The van der Waals surface area contributed by atoms with Crippen molar-refractivity contribution in [2.45, 2.75) is 58.4 Å². The number of ether oxygens (including phenoxy) is 1. The third-order valence-corrected chi connectivity index (χ3v) is 5.73. The summed E-state index contributed by atoms with van der Waals surface area (Å²) in [5, 5.41) is 23.1. The number of aromatic nitrogens is 1. The van der Waals surface area contributed by atoms with Gasteiger partial charge in [0.1, 0.15) is 17.4 Å². The van der Waals surface area contributed by atoms with Crippen LogP contribution in [0.2, 0.25) is 0 Å². The van der Waals surface area contributed by atoms with Gasteiger partial charge in [0.25, 0.3) is 0 Å². The minimum Gasteiger partial charge on any atom is -0.508 e. The number of thiazole rings is 1. The Hall–Kier alpha value is -2.65. The van der Waals surface area contributed by atoms with Gasteiger partial charge < -0.3 is 20.3 Å². The Labute approximate surface area is 179 Å². The number of aliphatic hydroxyl groups excluding tert-OH is 1. The molecule has 0 aliphatic carbocycles. The summed E-state index contributed by atoms with van der Waals surface area (Å²) in [7, 11) is 0. The van der Waals surface area contributed by atoms with Crippen LogP contribution in [0.3, 0.4) is 0 Å².